The van der Waals surface area contributed by atoms with Gasteiger partial charge in [0.25, 0.3) is 0 Å². The van der Waals surface area contributed by atoms with E-state index >= 15 is 0 Å². The van der Waals surface area contributed by atoms with E-state index in [1.807, 2.05) is 53.7 Å². The number of ether oxygens (including phenoxy) is 1. The summed E-state index contributed by atoms with van der Waals surface area (Å²) >= 11 is 0. The maximum absolute atomic E-state index is 10.5. The first-order valence-corrected chi connectivity index (χ1v) is 5.79. The summed E-state index contributed by atoms with van der Waals surface area (Å²) in [7, 11) is 1.63. The minimum absolute atomic E-state index is 0.700. The second-order valence-corrected chi connectivity index (χ2v) is 2.81. The number of benzene rings is 1. The molecule has 2 nitrogen and oxygen atoms in total. The van der Waals surface area contributed by atoms with Crippen molar-refractivity contribution in [3.05, 3.63) is 28.8 Å². The molecule has 0 N–H and O–H groups in total. The second-order valence-electron chi connectivity index (χ2n) is 2.81. The van der Waals surface area contributed by atoms with Crippen LogP contribution >= 0.6 is 0 Å². The fourth-order valence-electron chi connectivity index (χ4n) is 1.37. The lowest BCUT2D eigenvalue weighted by Gasteiger charge is -2.08. The van der Waals surface area contributed by atoms with Crippen molar-refractivity contribution in [2.75, 3.05) is 7.11 Å². The molecule has 0 bridgehead atoms. The largest absolute Gasteiger partial charge is 0.496 e. The molecule has 0 fully saturated rings. The highest BCUT2D eigenvalue weighted by Crippen LogP contribution is 2.23. The standard InChI is InChI=1S/C10H12O2.2C2H6/c1-7-4-9(6-11)5-8(2)10(7)12-3;2*1-2/h4-6H,1-3H3;2*1-2H3. The van der Waals surface area contributed by atoms with Gasteiger partial charge in [0, 0.05) is 5.56 Å². The fourth-order valence-corrected chi connectivity index (χ4v) is 1.37. The van der Waals surface area contributed by atoms with Crippen molar-refractivity contribution in [3.63, 3.8) is 0 Å². The lowest BCUT2D eigenvalue weighted by atomic mass is 10.1. The zero-order valence-corrected chi connectivity index (χ0v) is 11.5. The van der Waals surface area contributed by atoms with Crippen molar-refractivity contribution in [2.24, 2.45) is 0 Å². The van der Waals surface area contributed by atoms with E-state index in [0.29, 0.717) is 5.56 Å². The summed E-state index contributed by atoms with van der Waals surface area (Å²) in [4.78, 5) is 10.5. The highest BCUT2D eigenvalue weighted by atomic mass is 16.5. The summed E-state index contributed by atoms with van der Waals surface area (Å²) in [5.74, 6) is 0.862. The Morgan fingerprint density at radius 2 is 1.38 bits per heavy atom. The van der Waals surface area contributed by atoms with Crippen molar-refractivity contribution in [2.45, 2.75) is 41.5 Å². The van der Waals surface area contributed by atoms with Gasteiger partial charge in [-0.15, -0.1) is 0 Å². The normalized spacial score (nSPS) is 7.94. The van der Waals surface area contributed by atoms with Crippen LogP contribution in [0.4, 0.5) is 0 Å². The van der Waals surface area contributed by atoms with Crippen molar-refractivity contribution >= 4 is 6.29 Å². The maximum Gasteiger partial charge on any atom is 0.150 e. The second kappa shape index (κ2) is 10.2. The van der Waals surface area contributed by atoms with Crippen LogP contribution in [0.25, 0.3) is 0 Å². The van der Waals surface area contributed by atoms with Crippen LogP contribution in [-0.2, 0) is 0 Å². The molecule has 0 aliphatic rings. The Balaban J connectivity index is 0. The molecule has 0 aliphatic carbocycles. The smallest absolute Gasteiger partial charge is 0.150 e. The minimum atomic E-state index is 0.700. The van der Waals surface area contributed by atoms with E-state index < -0.39 is 0 Å². The van der Waals surface area contributed by atoms with Crippen LogP contribution in [0, 0.1) is 13.8 Å². The third-order valence-corrected chi connectivity index (χ3v) is 1.82. The van der Waals surface area contributed by atoms with E-state index in [9.17, 15) is 4.79 Å². The third-order valence-electron chi connectivity index (χ3n) is 1.82. The van der Waals surface area contributed by atoms with Gasteiger partial charge in [-0.05, 0) is 37.1 Å². The Hall–Kier alpha value is -1.31. The monoisotopic (exact) mass is 224 g/mol. The van der Waals surface area contributed by atoms with Gasteiger partial charge < -0.3 is 4.74 Å². The molecule has 0 amide bonds. The SMILES string of the molecule is CC.CC.COc1c(C)cc(C=O)cc1C. The third kappa shape index (κ3) is 4.96. The summed E-state index contributed by atoms with van der Waals surface area (Å²) < 4.78 is 5.16. The van der Waals surface area contributed by atoms with E-state index in [-0.39, 0.29) is 0 Å². The highest BCUT2D eigenvalue weighted by molar-refractivity contribution is 5.76. The molecule has 0 unspecified atom stereocenters. The lowest BCUT2D eigenvalue weighted by Crippen LogP contribution is -1.93. The molecule has 1 aromatic carbocycles. The summed E-state index contributed by atoms with van der Waals surface area (Å²) in [6, 6.07) is 3.64. The first-order chi connectivity index (χ1) is 7.69. The number of methoxy groups -OCH3 is 1. The summed E-state index contributed by atoms with van der Waals surface area (Å²) in [5.41, 5.74) is 2.70. The van der Waals surface area contributed by atoms with Gasteiger partial charge in [0.15, 0.2) is 0 Å². The van der Waals surface area contributed by atoms with E-state index in [0.717, 1.165) is 23.2 Å². The molecule has 0 radical (unpaired) electrons. The van der Waals surface area contributed by atoms with Crippen LogP contribution in [0.15, 0.2) is 12.1 Å². The van der Waals surface area contributed by atoms with Gasteiger partial charge in [0.1, 0.15) is 12.0 Å². The molecule has 92 valence electrons. The number of carbonyl (C=O) groups is 1. The van der Waals surface area contributed by atoms with Crippen molar-refractivity contribution in [1.29, 1.82) is 0 Å². The topological polar surface area (TPSA) is 26.3 Å². The molecule has 0 heterocycles. The van der Waals surface area contributed by atoms with Gasteiger partial charge in [0.2, 0.25) is 0 Å². The van der Waals surface area contributed by atoms with E-state index in [4.69, 9.17) is 4.74 Å². The fraction of sp³-hybridized carbons (Fsp3) is 0.500. The van der Waals surface area contributed by atoms with Crippen molar-refractivity contribution in [1.82, 2.24) is 0 Å². The number of hydrogen-bond acceptors (Lipinski definition) is 2. The predicted octanol–water partition coefficient (Wildman–Crippen LogP) is 4.18. The number of carbonyl (C=O) groups excluding carboxylic acids is 1. The zero-order chi connectivity index (χ0) is 13.1. The molecule has 0 saturated carbocycles. The van der Waals surface area contributed by atoms with Crippen LogP contribution in [0.5, 0.6) is 5.75 Å². The number of hydrogen-bond donors (Lipinski definition) is 0. The Bertz CT molecular complexity index is 281. The van der Waals surface area contributed by atoms with Crippen LogP contribution in [0.1, 0.15) is 49.2 Å². The molecule has 2 heteroatoms. The van der Waals surface area contributed by atoms with E-state index in [2.05, 4.69) is 0 Å². The molecular formula is C14H24O2. The van der Waals surface area contributed by atoms with Crippen LogP contribution in [0.2, 0.25) is 0 Å². The Kier molecular flexibility index (Phi) is 10.9. The van der Waals surface area contributed by atoms with E-state index in [1.54, 1.807) is 7.11 Å². The van der Waals surface area contributed by atoms with Crippen LogP contribution < -0.4 is 4.74 Å². The zero-order valence-electron chi connectivity index (χ0n) is 11.5. The van der Waals surface area contributed by atoms with Crippen LogP contribution in [-0.4, -0.2) is 13.4 Å². The molecule has 0 spiro atoms. The Labute approximate surface area is 99.6 Å². The lowest BCUT2D eigenvalue weighted by molar-refractivity contribution is 0.112. The van der Waals surface area contributed by atoms with Crippen molar-refractivity contribution in [3.8, 4) is 5.75 Å². The number of aldehydes is 1. The number of aryl methyl sites for hydroxylation is 2. The minimum Gasteiger partial charge on any atom is -0.496 e. The Morgan fingerprint density at radius 3 is 1.62 bits per heavy atom. The van der Waals surface area contributed by atoms with Gasteiger partial charge in [-0.2, -0.15) is 0 Å². The van der Waals surface area contributed by atoms with Gasteiger partial charge in [-0.3, -0.25) is 4.79 Å². The molecule has 1 rings (SSSR count). The average molecular weight is 224 g/mol. The van der Waals surface area contributed by atoms with Gasteiger partial charge in [-0.1, -0.05) is 27.7 Å². The first-order valence-electron chi connectivity index (χ1n) is 5.79. The highest BCUT2D eigenvalue weighted by Gasteiger charge is 2.03. The summed E-state index contributed by atoms with van der Waals surface area (Å²) in [6.45, 7) is 11.9. The van der Waals surface area contributed by atoms with Crippen LogP contribution in [0.3, 0.4) is 0 Å². The quantitative estimate of drug-likeness (QED) is 0.704. The first kappa shape index (κ1) is 17.1. The van der Waals surface area contributed by atoms with Gasteiger partial charge in [0.05, 0.1) is 7.11 Å². The molecule has 0 aliphatic heterocycles. The molecule has 0 aromatic heterocycles. The van der Waals surface area contributed by atoms with Gasteiger partial charge >= 0.3 is 0 Å². The average Bonchev–Trinajstić information content (AvgIpc) is 2.33. The Morgan fingerprint density at radius 1 is 1.00 bits per heavy atom. The molecule has 0 atom stereocenters. The molecular weight excluding hydrogens is 200 g/mol. The van der Waals surface area contributed by atoms with Gasteiger partial charge in [-0.25, -0.2) is 0 Å². The summed E-state index contributed by atoms with van der Waals surface area (Å²) in [5, 5.41) is 0. The molecule has 1 aromatic rings. The van der Waals surface area contributed by atoms with Crippen molar-refractivity contribution < 1.29 is 9.53 Å². The van der Waals surface area contributed by atoms with E-state index in [1.165, 1.54) is 0 Å². The summed E-state index contributed by atoms with van der Waals surface area (Å²) in [6.07, 6.45) is 0.847. The predicted molar refractivity (Wildman–Crippen MR) is 70.6 cm³/mol. The number of rotatable bonds is 2. The maximum atomic E-state index is 10.5. The molecule has 16 heavy (non-hydrogen) atoms. The molecule has 0 saturated heterocycles.